The topological polar surface area (TPSA) is 26.5 Å². The van der Waals surface area contributed by atoms with Crippen LogP contribution in [0.15, 0.2) is 52.8 Å². The first-order valence-electron chi connectivity index (χ1n) is 8.66. The molecule has 1 atom stereocenters. The van der Waals surface area contributed by atoms with Gasteiger partial charge in [-0.25, -0.2) is 9.38 Å². The van der Waals surface area contributed by atoms with E-state index in [2.05, 4.69) is 4.57 Å². The van der Waals surface area contributed by atoms with Crippen LogP contribution in [0.4, 0.5) is 10.1 Å². The molecule has 1 aliphatic rings. The largest absolute Gasteiger partial charge is 0.376 e. The summed E-state index contributed by atoms with van der Waals surface area (Å²) in [5.41, 5.74) is 2.67. The number of aromatic nitrogens is 1. The Bertz CT molecular complexity index is 1010. The van der Waals surface area contributed by atoms with E-state index in [0.717, 1.165) is 41.2 Å². The van der Waals surface area contributed by atoms with Crippen molar-refractivity contribution in [2.75, 3.05) is 6.61 Å². The number of rotatable bonds is 4. The van der Waals surface area contributed by atoms with Crippen molar-refractivity contribution < 1.29 is 9.13 Å². The molecular formula is C20H17Cl2FN2OS. The molecule has 1 unspecified atom stereocenters. The fourth-order valence-electron chi connectivity index (χ4n) is 3.10. The highest BCUT2D eigenvalue weighted by Gasteiger charge is 2.19. The van der Waals surface area contributed by atoms with Crippen molar-refractivity contribution in [1.29, 1.82) is 0 Å². The van der Waals surface area contributed by atoms with Gasteiger partial charge >= 0.3 is 0 Å². The van der Waals surface area contributed by atoms with Crippen molar-refractivity contribution in [3.05, 3.63) is 68.5 Å². The maximum absolute atomic E-state index is 13.3. The van der Waals surface area contributed by atoms with Crippen LogP contribution in [0.2, 0.25) is 10.0 Å². The zero-order valence-electron chi connectivity index (χ0n) is 14.4. The lowest BCUT2D eigenvalue weighted by atomic mass is 10.1. The highest BCUT2D eigenvalue weighted by Crippen LogP contribution is 2.27. The van der Waals surface area contributed by atoms with Crippen LogP contribution in [-0.4, -0.2) is 17.3 Å². The highest BCUT2D eigenvalue weighted by atomic mass is 35.5. The number of benzene rings is 2. The van der Waals surface area contributed by atoms with Crippen molar-refractivity contribution >= 4 is 40.2 Å². The average Bonchev–Trinajstić information content (AvgIpc) is 3.30. The Morgan fingerprint density at radius 1 is 1.15 bits per heavy atom. The first-order valence-corrected chi connectivity index (χ1v) is 10.3. The Morgan fingerprint density at radius 3 is 2.67 bits per heavy atom. The Labute approximate surface area is 170 Å². The van der Waals surface area contributed by atoms with Gasteiger partial charge in [0, 0.05) is 12.0 Å². The average molecular weight is 423 g/mol. The fourth-order valence-corrected chi connectivity index (χ4v) is 4.33. The molecule has 0 bridgehead atoms. The monoisotopic (exact) mass is 422 g/mol. The molecule has 1 fully saturated rings. The molecule has 2 heterocycles. The standard InChI is InChI=1S/C20H17Cl2FN2OS/c21-17-8-7-15(10-18(17)22)24-20-25(11-16-2-1-9-26-16)19(12-27-20)13-3-5-14(23)6-4-13/h3-8,10,12,16H,1-2,9,11H2. The maximum Gasteiger partial charge on any atom is 0.190 e. The summed E-state index contributed by atoms with van der Waals surface area (Å²) in [4.78, 5) is 5.59. The summed E-state index contributed by atoms with van der Waals surface area (Å²) in [6.07, 6.45) is 2.25. The van der Waals surface area contributed by atoms with Crippen LogP contribution in [0, 0.1) is 5.82 Å². The van der Waals surface area contributed by atoms with E-state index in [-0.39, 0.29) is 11.9 Å². The van der Waals surface area contributed by atoms with Crippen molar-refractivity contribution in [2.45, 2.75) is 25.5 Å². The molecule has 1 aromatic heterocycles. The molecule has 1 saturated heterocycles. The summed E-state index contributed by atoms with van der Waals surface area (Å²) in [6.45, 7) is 1.50. The number of hydrogen-bond acceptors (Lipinski definition) is 3. The van der Waals surface area contributed by atoms with Gasteiger partial charge in [0.25, 0.3) is 0 Å². The first-order chi connectivity index (χ1) is 13.1. The van der Waals surface area contributed by atoms with Gasteiger partial charge < -0.3 is 9.30 Å². The minimum atomic E-state index is -0.250. The van der Waals surface area contributed by atoms with Crippen LogP contribution in [0.5, 0.6) is 0 Å². The molecule has 140 valence electrons. The fraction of sp³-hybridized carbons (Fsp3) is 0.250. The van der Waals surface area contributed by atoms with Crippen molar-refractivity contribution in [3.8, 4) is 11.3 Å². The lowest BCUT2D eigenvalue weighted by molar-refractivity contribution is 0.0968. The second-order valence-corrected chi connectivity index (χ2v) is 8.02. The molecule has 27 heavy (non-hydrogen) atoms. The molecule has 7 heteroatoms. The highest BCUT2D eigenvalue weighted by molar-refractivity contribution is 7.07. The Morgan fingerprint density at radius 2 is 1.96 bits per heavy atom. The predicted molar refractivity (Wildman–Crippen MR) is 108 cm³/mol. The van der Waals surface area contributed by atoms with Gasteiger partial charge in [-0.05, 0) is 60.9 Å². The van der Waals surface area contributed by atoms with Crippen LogP contribution in [0.25, 0.3) is 11.3 Å². The predicted octanol–water partition coefficient (Wildman–Crippen LogP) is 6.07. The molecule has 0 saturated carbocycles. The summed E-state index contributed by atoms with van der Waals surface area (Å²) in [5.74, 6) is -0.250. The van der Waals surface area contributed by atoms with E-state index < -0.39 is 0 Å². The number of ether oxygens (including phenoxy) is 1. The first kappa shape index (κ1) is 18.7. The van der Waals surface area contributed by atoms with E-state index in [1.54, 1.807) is 24.3 Å². The Kier molecular flexibility index (Phi) is 5.64. The third-order valence-corrected chi connectivity index (χ3v) is 6.08. The number of hydrogen-bond donors (Lipinski definition) is 0. The van der Waals surface area contributed by atoms with E-state index in [1.165, 1.54) is 23.5 Å². The van der Waals surface area contributed by atoms with Gasteiger partial charge in [0.15, 0.2) is 4.80 Å². The van der Waals surface area contributed by atoms with Gasteiger partial charge in [-0.1, -0.05) is 23.2 Å². The molecule has 0 radical (unpaired) electrons. The van der Waals surface area contributed by atoms with Crippen molar-refractivity contribution in [1.82, 2.24) is 4.57 Å². The normalized spacial score (nSPS) is 17.6. The molecule has 0 spiro atoms. The third-order valence-electron chi connectivity index (χ3n) is 4.48. The Balaban J connectivity index is 1.79. The molecule has 0 aliphatic carbocycles. The summed E-state index contributed by atoms with van der Waals surface area (Å²) >= 11 is 13.7. The SMILES string of the molecule is Fc1ccc(-c2csc(=Nc3ccc(Cl)c(Cl)c3)n2CC2CCCO2)cc1. The van der Waals surface area contributed by atoms with Crippen molar-refractivity contribution in [3.63, 3.8) is 0 Å². The second-order valence-electron chi connectivity index (χ2n) is 6.37. The van der Waals surface area contributed by atoms with Crippen LogP contribution in [0.1, 0.15) is 12.8 Å². The molecule has 1 aliphatic heterocycles. The van der Waals surface area contributed by atoms with Gasteiger partial charge in [0.1, 0.15) is 5.82 Å². The van der Waals surface area contributed by atoms with Crippen LogP contribution in [-0.2, 0) is 11.3 Å². The molecule has 0 N–H and O–H groups in total. The number of halogens is 3. The van der Waals surface area contributed by atoms with Crippen molar-refractivity contribution in [2.24, 2.45) is 4.99 Å². The molecular weight excluding hydrogens is 406 g/mol. The summed E-state index contributed by atoms with van der Waals surface area (Å²) in [7, 11) is 0. The van der Waals surface area contributed by atoms with E-state index in [9.17, 15) is 4.39 Å². The smallest absolute Gasteiger partial charge is 0.190 e. The third kappa shape index (κ3) is 4.27. The second kappa shape index (κ2) is 8.15. The van der Waals surface area contributed by atoms with Gasteiger partial charge in [-0.3, -0.25) is 0 Å². The quantitative estimate of drug-likeness (QED) is 0.500. The molecule has 0 amide bonds. The number of nitrogens with zero attached hydrogens (tertiary/aromatic N) is 2. The summed E-state index contributed by atoms with van der Waals surface area (Å²) in [6, 6.07) is 11.8. The zero-order chi connectivity index (χ0) is 18.8. The van der Waals surface area contributed by atoms with Gasteiger partial charge in [-0.2, -0.15) is 0 Å². The van der Waals surface area contributed by atoms with E-state index in [1.807, 2.05) is 11.4 Å². The molecule has 3 aromatic rings. The Hall–Kier alpha value is -1.66. The van der Waals surface area contributed by atoms with Gasteiger partial charge in [0.05, 0.1) is 34.1 Å². The summed E-state index contributed by atoms with van der Waals surface area (Å²) in [5, 5.41) is 3.01. The zero-order valence-corrected chi connectivity index (χ0v) is 16.7. The van der Waals surface area contributed by atoms with E-state index in [4.69, 9.17) is 32.9 Å². The maximum atomic E-state index is 13.3. The minimum absolute atomic E-state index is 0.159. The van der Waals surface area contributed by atoms with Crippen LogP contribution in [0.3, 0.4) is 0 Å². The van der Waals surface area contributed by atoms with E-state index in [0.29, 0.717) is 16.6 Å². The lowest BCUT2D eigenvalue weighted by Gasteiger charge is -2.14. The van der Waals surface area contributed by atoms with Gasteiger partial charge in [0.2, 0.25) is 0 Å². The van der Waals surface area contributed by atoms with Crippen LogP contribution < -0.4 is 4.80 Å². The molecule has 2 aromatic carbocycles. The van der Waals surface area contributed by atoms with Gasteiger partial charge in [-0.15, -0.1) is 11.3 Å². The minimum Gasteiger partial charge on any atom is -0.376 e. The summed E-state index contributed by atoms with van der Waals surface area (Å²) < 4.78 is 21.3. The number of thiazole rings is 1. The van der Waals surface area contributed by atoms with Crippen LogP contribution >= 0.6 is 34.5 Å². The molecule has 4 rings (SSSR count). The lowest BCUT2D eigenvalue weighted by Crippen LogP contribution is -2.24. The molecule has 3 nitrogen and oxygen atoms in total. The van der Waals surface area contributed by atoms with E-state index >= 15 is 0 Å².